The molecule has 2 rings (SSSR count). The van der Waals surface area contributed by atoms with Gasteiger partial charge in [0.25, 0.3) is 0 Å². The van der Waals surface area contributed by atoms with Gasteiger partial charge in [0.1, 0.15) is 0 Å². The molecule has 0 aromatic carbocycles. The average molecular weight is 314 g/mol. The van der Waals surface area contributed by atoms with Gasteiger partial charge in [0, 0.05) is 27.1 Å². The first-order chi connectivity index (χ1) is 10.4. The fourth-order valence-corrected chi connectivity index (χ4v) is 3.72. The maximum absolute atomic E-state index is 5.51. The van der Waals surface area contributed by atoms with E-state index < -0.39 is 0 Å². The molecule has 2 fully saturated rings. The van der Waals surface area contributed by atoms with Gasteiger partial charge in [0.15, 0.2) is 0 Å². The van der Waals surface area contributed by atoms with Crippen LogP contribution in [0.25, 0.3) is 0 Å². The smallest absolute Gasteiger partial charge is 0.0105 e. The first kappa shape index (κ1) is 19.9. The predicted octanol–water partition coefficient (Wildman–Crippen LogP) is 3.69. The Hall–Kier alpha value is -0.120. The summed E-state index contributed by atoms with van der Waals surface area (Å²) in [4.78, 5) is 5.06. The molecule has 2 heterocycles. The van der Waals surface area contributed by atoms with Crippen molar-refractivity contribution >= 4 is 0 Å². The van der Waals surface area contributed by atoms with E-state index in [9.17, 15) is 0 Å². The Morgan fingerprint density at radius 1 is 1.05 bits per heavy atom. The lowest BCUT2D eigenvalue weighted by atomic mass is 9.87. The summed E-state index contributed by atoms with van der Waals surface area (Å²) in [6.07, 6.45) is 5.58. The minimum absolute atomic E-state index is 0. The fraction of sp³-hybridized carbons (Fsp3) is 1.00. The molecular formula is C19H43N3. The molecule has 2 saturated heterocycles. The number of likely N-dealkylation sites (tertiary alicyclic amines) is 2. The van der Waals surface area contributed by atoms with Crippen LogP contribution in [0.15, 0.2) is 0 Å². The van der Waals surface area contributed by atoms with Gasteiger partial charge in [-0.15, -0.1) is 0 Å². The van der Waals surface area contributed by atoms with Gasteiger partial charge in [-0.2, -0.15) is 0 Å². The number of nitrogens with two attached hydrogens (primary N) is 1. The fourth-order valence-electron chi connectivity index (χ4n) is 3.72. The van der Waals surface area contributed by atoms with Gasteiger partial charge in [0.05, 0.1) is 0 Å². The third kappa shape index (κ3) is 7.43. The number of rotatable bonds is 4. The van der Waals surface area contributed by atoms with Crippen molar-refractivity contribution in [3.63, 3.8) is 0 Å². The number of hydrogen-bond acceptors (Lipinski definition) is 3. The number of hydrogen-bond donors (Lipinski definition) is 1. The molecule has 0 aliphatic carbocycles. The van der Waals surface area contributed by atoms with Crippen molar-refractivity contribution in [3.8, 4) is 0 Å². The van der Waals surface area contributed by atoms with E-state index in [0.717, 1.165) is 36.9 Å². The molecule has 0 aromatic heterocycles. The second-order valence-corrected chi connectivity index (χ2v) is 8.05. The molecule has 3 nitrogen and oxygen atoms in total. The molecule has 134 valence electrons. The van der Waals surface area contributed by atoms with Crippen LogP contribution in [0.1, 0.15) is 61.7 Å². The third-order valence-corrected chi connectivity index (χ3v) is 5.44. The maximum atomic E-state index is 5.51. The van der Waals surface area contributed by atoms with Crippen LogP contribution in [0.4, 0.5) is 0 Å². The summed E-state index contributed by atoms with van der Waals surface area (Å²) in [5.41, 5.74) is 5.51. The minimum atomic E-state index is 0. The van der Waals surface area contributed by atoms with Gasteiger partial charge in [-0.05, 0) is 76.9 Å². The van der Waals surface area contributed by atoms with Crippen LogP contribution >= 0.6 is 0 Å². The van der Waals surface area contributed by atoms with Gasteiger partial charge in [-0.1, -0.05) is 20.8 Å². The van der Waals surface area contributed by atoms with Crippen LogP contribution in [0.2, 0.25) is 0 Å². The molecule has 1 atom stereocenters. The van der Waals surface area contributed by atoms with E-state index in [0.29, 0.717) is 0 Å². The molecule has 2 aliphatic rings. The highest BCUT2D eigenvalue weighted by molar-refractivity contribution is 4.74. The van der Waals surface area contributed by atoms with Crippen molar-refractivity contribution in [2.75, 3.05) is 39.3 Å². The summed E-state index contributed by atoms with van der Waals surface area (Å²) in [7, 11) is 0. The molecule has 0 unspecified atom stereocenters. The van der Waals surface area contributed by atoms with Crippen LogP contribution in [0.5, 0.6) is 0 Å². The molecular weight excluding hydrogens is 270 g/mol. The van der Waals surface area contributed by atoms with Crippen LogP contribution in [0, 0.1) is 17.8 Å². The van der Waals surface area contributed by atoms with E-state index in [1.165, 1.54) is 51.9 Å². The largest absolute Gasteiger partial charge is 0.329 e. The summed E-state index contributed by atoms with van der Waals surface area (Å²) >= 11 is 0. The minimum Gasteiger partial charge on any atom is -0.329 e. The van der Waals surface area contributed by atoms with Crippen LogP contribution in [-0.2, 0) is 0 Å². The van der Waals surface area contributed by atoms with Crippen molar-refractivity contribution < 1.29 is 1.43 Å². The average Bonchev–Trinajstić information content (AvgIpc) is 2.49. The molecule has 22 heavy (non-hydrogen) atoms. The molecule has 2 N–H and O–H groups in total. The molecule has 3 heteroatoms. The van der Waals surface area contributed by atoms with Gasteiger partial charge in [-0.25, -0.2) is 0 Å². The monoisotopic (exact) mass is 313 g/mol. The topological polar surface area (TPSA) is 32.5 Å². The lowest BCUT2D eigenvalue weighted by molar-refractivity contribution is 0.147. The van der Waals surface area contributed by atoms with E-state index in [1.54, 1.807) is 0 Å². The van der Waals surface area contributed by atoms with Crippen molar-refractivity contribution in [3.05, 3.63) is 0 Å². The maximum Gasteiger partial charge on any atom is 0.0105 e. The van der Waals surface area contributed by atoms with Crippen LogP contribution in [0.3, 0.4) is 0 Å². The summed E-state index contributed by atoms with van der Waals surface area (Å²) in [6.45, 7) is 18.7. The van der Waals surface area contributed by atoms with E-state index in [-0.39, 0.29) is 1.43 Å². The zero-order valence-corrected chi connectivity index (χ0v) is 15.9. The Labute approximate surface area is 141 Å². The number of nitrogens with zero attached hydrogens (tertiary/aromatic N) is 2. The molecule has 0 bridgehead atoms. The molecule has 0 radical (unpaired) electrons. The Bertz CT molecular complexity index is 276. The van der Waals surface area contributed by atoms with Crippen molar-refractivity contribution in [2.24, 2.45) is 23.5 Å². The second-order valence-electron chi connectivity index (χ2n) is 8.05. The molecule has 0 spiro atoms. The van der Waals surface area contributed by atoms with Gasteiger partial charge < -0.3 is 15.5 Å². The second kappa shape index (κ2) is 10.6. The van der Waals surface area contributed by atoms with E-state index in [1.807, 2.05) is 0 Å². The molecule has 0 aromatic rings. The van der Waals surface area contributed by atoms with Crippen molar-refractivity contribution in [1.82, 2.24) is 9.80 Å². The third-order valence-electron chi connectivity index (χ3n) is 5.44. The lowest BCUT2D eigenvalue weighted by Crippen LogP contribution is -2.38. The summed E-state index contributed by atoms with van der Waals surface area (Å²) in [5, 5.41) is 0. The highest BCUT2D eigenvalue weighted by Gasteiger charge is 2.20. The standard InChI is InChI=1S/C10H22N2.C9H19N.H2/c1-9(2)10-3-6-12(7-4-10)8-5-11;1-8(2)10-6-4-5-9(3)7-10;/h9-10H,3-8,11H2,1-2H3;8-9H,4-7H2,1-3H3;1H/t;9-;/m.0./s1. The lowest BCUT2D eigenvalue weighted by Gasteiger charge is -2.33. The quantitative estimate of drug-likeness (QED) is 0.859. The zero-order chi connectivity index (χ0) is 16.5. The predicted molar refractivity (Wildman–Crippen MR) is 100 cm³/mol. The summed E-state index contributed by atoms with van der Waals surface area (Å²) in [6, 6.07) is 0.753. The Morgan fingerprint density at radius 2 is 1.68 bits per heavy atom. The summed E-state index contributed by atoms with van der Waals surface area (Å²) in [5.74, 6) is 2.75. The van der Waals surface area contributed by atoms with Crippen molar-refractivity contribution in [1.29, 1.82) is 0 Å². The van der Waals surface area contributed by atoms with Crippen LogP contribution in [-0.4, -0.2) is 55.1 Å². The normalized spacial score (nSPS) is 25.4. The Morgan fingerprint density at radius 3 is 2.09 bits per heavy atom. The highest BCUT2D eigenvalue weighted by atomic mass is 15.2. The molecule has 0 amide bonds. The van der Waals surface area contributed by atoms with Gasteiger partial charge >= 0.3 is 0 Å². The Kier molecular flexibility index (Phi) is 9.62. The van der Waals surface area contributed by atoms with Crippen molar-refractivity contribution in [2.45, 2.75) is 66.3 Å². The molecule has 2 aliphatic heterocycles. The van der Waals surface area contributed by atoms with E-state index in [2.05, 4.69) is 44.4 Å². The Balaban J connectivity index is 0.000000409. The first-order valence-electron chi connectivity index (χ1n) is 9.60. The van der Waals surface area contributed by atoms with Gasteiger partial charge in [0.2, 0.25) is 0 Å². The number of piperidine rings is 2. The van der Waals surface area contributed by atoms with E-state index >= 15 is 0 Å². The summed E-state index contributed by atoms with van der Waals surface area (Å²) < 4.78 is 0. The first-order valence-corrected chi connectivity index (χ1v) is 9.60. The highest BCUT2D eigenvalue weighted by Crippen LogP contribution is 2.23. The molecule has 0 saturated carbocycles. The van der Waals surface area contributed by atoms with E-state index in [4.69, 9.17) is 5.73 Å². The van der Waals surface area contributed by atoms with Gasteiger partial charge in [-0.3, -0.25) is 0 Å². The zero-order valence-electron chi connectivity index (χ0n) is 15.9. The SMILES string of the molecule is CC(C)C1CCN(CCN)CC1.CC(C)N1CCC[C@H](C)C1.[HH]. The van der Waals surface area contributed by atoms with Crippen LogP contribution < -0.4 is 5.73 Å².